The minimum absolute atomic E-state index is 0.0668. The van der Waals surface area contributed by atoms with E-state index < -0.39 is 17.7 Å². The number of hydrogen-bond acceptors (Lipinski definition) is 2. The molecule has 110 valence electrons. The van der Waals surface area contributed by atoms with Gasteiger partial charge in [0.15, 0.2) is 0 Å². The molecule has 1 N–H and O–H groups in total. The Labute approximate surface area is 115 Å². The number of nitrogens with zero attached hydrogens (tertiary/aromatic N) is 1. The molecule has 0 spiro atoms. The Kier molecular flexibility index (Phi) is 4.81. The zero-order valence-electron chi connectivity index (χ0n) is 11.2. The molecule has 0 saturated carbocycles. The number of halogens is 3. The Hall–Kier alpha value is -1.98. The molecule has 0 amide bonds. The van der Waals surface area contributed by atoms with Gasteiger partial charge in [-0.25, -0.2) is 4.79 Å². The summed E-state index contributed by atoms with van der Waals surface area (Å²) in [5.41, 5.74) is -1.09. The molecule has 0 fully saturated rings. The maximum absolute atomic E-state index is 12.6. The molecule has 0 atom stereocenters. The van der Waals surface area contributed by atoms with E-state index in [0.717, 1.165) is 6.07 Å². The molecule has 0 radical (unpaired) electrons. The number of carbonyl (C=O) groups is 1. The Balaban J connectivity index is 3.39. The second-order valence-electron chi connectivity index (χ2n) is 4.57. The highest BCUT2D eigenvalue weighted by Gasteiger charge is 2.32. The first-order valence-electron chi connectivity index (χ1n) is 6.00. The Morgan fingerprint density at radius 1 is 1.45 bits per heavy atom. The van der Waals surface area contributed by atoms with Crippen molar-refractivity contribution in [2.45, 2.75) is 26.1 Å². The Morgan fingerprint density at radius 3 is 2.45 bits per heavy atom. The molecule has 1 aromatic carbocycles. The van der Waals surface area contributed by atoms with Crippen LogP contribution in [-0.2, 0) is 6.18 Å². The maximum atomic E-state index is 12.6. The van der Waals surface area contributed by atoms with Crippen LogP contribution in [0.3, 0.4) is 0 Å². The fourth-order valence-corrected chi connectivity index (χ4v) is 1.86. The highest BCUT2D eigenvalue weighted by atomic mass is 19.4. The maximum Gasteiger partial charge on any atom is 0.416 e. The first-order chi connectivity index (χ1) is 9.18. The van der Waals surface area contributed by atoms with Gasteiger partial charge in [0.25, 0.3) is 0 Å². The molecule has 0 aromatic heterocycles. The second kappa shape index (κ2) is 5.98. The molecule has 0 bridgehead atoms. The first kappa shape index (κ1) is 16.1. The molecule has 20 heavy (non-hydrogen) atoms. The highest BCUT2D eigenvalue weighted by molar-refractivity contribution is 5.95. The van der Waals surface area contributed by atoms with Crippen molar-refractivity contribution in [1.29, 1.82) is 0 Å². The predicted octanol–water partition coefficient (Wildman–Crippen LogP) is 3.80. The zero-order valence-corrected chi connectivity index (χ0v) is 11.2. The number of rotatable bonds is 5. The van der Waals surface area contributed by atoms with Crippen molar-refractivity contribution in [2.24, 2.45) is 0 Å². The van der Waals surface area contributed by atoms with E-state index in [4.69, 9.17) is 5.11 Å². The van der Waals surface area contributed by atoms with Crippen molar-refractivity contribution in [3.8, 4) is 0 Å². The van der Waals surface area contributed by atoms with Gasteiger partial charge < -0.3 is 10.0 Å². The highest BCUT2D eigenvalue weighted by Crippen LogP contribution is 2.33. The molecule has 0 saturated heterocycles. The third-order valence-corrected chi connectivity index (χ3v) is 2.81. The van der Waals surface area contributed by atoms with Crippen LogP contribution in [0.4, 0.5) is 18.9 Å². The topological polar surface area (TPSA) is 40.5 Å². The third kappa shape index (κ3) is 3.53. The lowest BCUT2D eigenvalue weighted by Gasteiger charge is -2.29. The molecular weight excluding hydrogens is 271 g/mol. The van der Waals surface area contributed by atoms with Crippen LogP contribution in [0.2, 0.25) is 0 Å². The Morgan fingerprint density at radius 2 is 2.05 bits per heavy atom. The summed E-state index contributed by atoms with van der Waals surface area (Å²) >= 11 is 0. The van der Waals surface area contributed by atoms with Crippen molar-refractivity contribution < 1.29 is 23.1 Å². The molecule has 1 rings (SSSR count). The lowest BCUT2D eigenvalue weighted by Crippen LogP contribution is -2.32. The van der Waals surface area contributed by atoms with Gasteiger partial charge in [0.1, 0.15) is 0 Å². The number of alkyl halides is 3. The number of anilines is 1. The third-order valence-electron chi connectivity index (χ3n) is 2.81. The number of aromatic carboxylic acids is 1. The van der Waals surface area contributed by atoms with Crippen molar-refractivity contribution in [2.75, 3.05) is 11.4 Å². The van der Waals surface area contributed by atoms with Gasteiger partial charge in [-0.2, -0.15) is 13.2 Å². The van der Waals surface area contributed by atoms with Crippen LogP contribution in [0, 0.1) is 0 Å². The fraction of sp³-hybridized carbons (Fsp3) is 0.357. The monoisotopic (exact) mass is 287 g/mol. The average Bonchev–Trinajstić information content (AvgIpc) is 2.33. The minimum Gasteiger partial charge on any atom is -0.478 e. The molecule has 1 aromatic rings. The summed E-state index contributed by atoms with van der Waals surface area (Å²) < 4.78 is 37.9. The van der Waals surface area contributed by atoms with Crippen molar-refractivity contribution in [3.63, 3.8) is 0 Å². The van der Waals surface area contributed by atoms with Crippen LogP contribution >= 0.6 is 0 Å². The van der Waals surface area contributed by atoms with E-state index in [-0.39, 0.29) is 17.3 Å². The van der Waals surface area contributed by atoms with Crippen LogP contribution in [0.1, 0.15) is 29.8 Å². The molecule has 3 nitrogen and oxygen atoms in total. The predicted molar refractivity (Wildman–Crippen MR) is 71.1 cm³/mol. The van der Waals surface area contributed by atoms with Gasteiger partial charge in [0.05, 0.1) is 16.8 Å². The lowest BCUT2D eigenvalue weighted by molar-refractivity contribution is -0.137. The fourth-order valence-electron chi connectivity index (χ4n) is 1.86. The van der Waals surface area contributed by atoms with Gasteiger partial charge in [-0.3, -0.25) is 0 Å². The van der Waals surface area contributed by atoms with Crippen molar-refractivity contribution >= 4 is 11.7 Å². The first-order valence-corrected chi connectivity index (χ1v) is 6.00. The SMILES string of the molecule is C=CCN(c1ccc(C(F)(F)F)cc1C(=O)O)C(C)C. The van der Waals surface area contributed by atoms with Crippen LogP contribution in [0.5, 0.6) is 0 Å². The van der Waals surface area contributed by atoms with E-state index in [0.29, 0.717) is 12.6 Å². The summed E-state index contributed by atoms with van der Waals surface area (Å²) in [7, 11) is 0. The summed E-state index contributed by atoms with van der Waals surface area (Å²) in [6.45, 7) is 7.57. The van der Waals surface area contributed by atoms with E-state index in [1.165, 1.54) is 6.07 Å². The molecule has 0 unspecified atom stereocenters. The number of carboxylic acids is 1. The van der Waals surface area contributed by atoms with Gasteiger partial charge >= 0.3 is 12.1 Å². The van der Waals surface area contributed by atoms with Crippen molar-refractivity contribution in [1.82, 2.24) is 0 Å². The number of hydrogen-bond donors (Lipinski definition) is 1. The molecule has 0 aliphatic heterocycles. The van der Waals surface area contributed by atoms with E-state index >= 15 is 0 Å². The van der Waals surface area contributed by atoms with Crippen molar-refractivity contribution in [3.05, 3.63) is 42.0 Å². The van der Waals surface area contributed by atoms with Gasteiger partial charge in [0, 0.05) is 12.6 Å². The molecule has 0 heterocycles. The van der Waals surface area contributed by atoms with E-state index in [1.54, 1.807) is 11.0 Å². The van der Waals surface area contributed by atoms with Gasteiger partial charge in [-0.05, 0) is 32.0 Å². The van der Waals surface area contributed by atoms with E-state index in [9.17, 15) is 18.0 Å². The largest absolute Gasteiger partial charge is 0.478 e. The van der Waals surface area contributed by atoms with Gasteiger partial charge in [0.2, 0.25) is 0 Å². The summed E-state index contributed by atoms with van der Waals surface area (Å²) in [5.74, 6) is -1.39. The summed E-state index contributed by atoms with van der Waals surface area (Å²) in [6.07, 6.45) is -2.99. The minimum atomic E-state index is -4.57. The van der Waals surface area contributed by atoms with Crippen LogP contribution in [0.25, 0.3) is 0 Å². The standard InChI is InChI=1S/C14H16F3NO2/c1-4-7-18(9(2)3)12-6-5-10(14(15,16)17)8-11(12)13(19)20/h4-6,8-9H,1,7H2,2-3H3,(H,19,20). The Bertz CT molecular complexity index is 510. The smallest absolute Gasteiger partial charge is 0.416 e. The summed E-state index contributed by atoms with van der Waals surface area (Å²) in [4.78, 5) is 12.9. The van der Waals surface area contributed by atoms with E-state index in [1.807, 2.05) is 13.8 Å². The lowest BCUT2D eigenvalue weighted by atomic mass is 10.1. The number of benzene rings is 1. The van der Waals surface area contributed by atoms with Crippen LogP contribution in [0.15, 0.2) is 30.9 Å². The van der Waals surface area contributed by atoms with E-state index in [2.05, 4.69) is 6.58 Å². The molecule has 0 aliphatic rings. The van der Waals surface area contributed by atoms with Crippen LogP contribution < -0.4 is 4.90 Å². The zero-order chi connectivity index (χ0) is 15.5. The average molecular weight is 287 g/mol. The quantitative estimate of drug-likeness (QED) is 0.837. The molecular formula is C14H16F3NO2. The number of carboxylic acid groups (broad SMARTS) is 1. The van der Waals surface area contributed by atoms with Gasteiger partial charge in [-0.1, -0.05) is 6.08 Å². The molecule has 0 aliphatic carbocycles. The second-order valence-corrected chi connectivity index (χ2v) is 4.57. The molecule has 6 heteroatoms. The van der Waals surface area contributed by atoms with Gasteiger partial charge in [-0.15, -0.1) is 6.58 Å². The van der Waals surface area contributed by atoms with Crippen LogP contribution in [-0.4, -0.2) is 23.7 Å². The normalized spacial score (nSPS) is 11.5. The summed E-state index contributed by atoms with van der Waals surface area (Å²) in [6, 6.07) is 2.68. The summed E-state index contributed by atoms with van der Waals surface area (Å²) in [5, 5.41) is 9.13.